The standard InChI is InChI=1S/C13H7Br2N3O3S/c1-6(19)21-11-7(2-8(14)4-9(11)15)3-10-12(20)18-13(22-10)16-5-17-18/h2-5H,1H3/b10-3-. The second-order valence-electron chi connectivity index (χ2n) is 4.27. The number of esters is 1. The molecule has 3 rings (SSSR count). The molecule has 0 unspecified atom stereocenters. The highest BCUT2D eigenvalue weighted by Gasteiger charge is 2.12. The fourth-order valence-electron chi connectivity index (χ4n) is 1.86. The third-order valence-electron chi connectivity index (χ3n) is 2.69. The van der Waals surface area contributed by atoms with Gasteiger partial charge in [-0.2, -0.15) is 9.61 Å². The first-order valence-corrected chi connectivity index (χ1v) is 8.37. The van der Waals surface area contributed by atoms with Crippen molar-refractivity contribution in [1.82, 2.24) is 14.6 Å². The van der Waals surface area contributed by atoms with Gasteiger partial charge >= 0.3 is 5.97 Å². The summed E-state index contributed by atoms with van der Waals surface area (Å²) in [7, 11) is 0. The second kappa shape index (κ2) is 5.90. The van der Waals surface area contributed by atoms with Gasteiger partial charge in [0.25, 0.3) is 5.56 Å². The monoisotopic (exact) mass is 443 g/mol. The van der Waals surface area contributed by atoms with Crippen molar-refractivity contribution in [3.05, 3.63) is 47.9 Å². The van der Waals surface area contributed by atoms with Crippen LogP contribution in [0.5, 0.6) is 5.75 Å². The number of hydrogen-bond donors (Lipinski definition) is 0. The molecule has 0 radical (unpaired) electrons. The van der Waals surface area contributed by atoms with Crippen LogP contribution in [0.4, 0.5) is 0 Å². The Morgan fingerprint density at radius 2 is 2.18 bits per heavy atom. The number of aromatic nitrogens is 3. The number of nitrogens with zero attached hydrogens (tertiary/aromatic N) is 3. The van der Waals surface area contributed by atoms with Crippen molar-refractivity contribution in [3.8, 4) is 5.75 Å². The first kappa shape index (κ1) is 15.3. The van der Waals surface area contributed by atoms with E-state index in [1.807, 2.05) is 0 Å². The fraction of sp³-hybridized carbons (Fsp3) is 0.0769. The minimum atomic E-state index is -0.442. The van der Waals surface area contributed by atoms with Crippen molar-refractivity contribution >= 4 is 60.2 Å². The average Bonchev–Trinajstić information content (AvgIpc) is 2.98. The van der Waals surface area contributed by atoms with Gasteiger partial charge in [0.1, 0.15) is 6.33 Å². The first-order valence-electron chi connectivity index (χ1n) is 5.97. The Morgan fingerprint density at radius 3 is 2.86 bits per heavy atom. The number of fused-ring (bicyclic) bond motifs is 1. The Balaban J connectivity index is 2.25. The van der Waals surface area contributed by atoms with Gasteiger partial charge < -0.3 is 4.74 Å². The summed E-state index contributed by atoms with van der Waals surface area (Å²) < 4.78 is 8.30. The molecule has 0 N–H and O–H groups in total. The van der Waals surface area contributed by atoms with E-state index < -0.39 is 5.97 Å². The summed E-state index contributed by atoms with van der Waals surface area (Å²) in [6, 6.07) is 3.52. The van der Waals surface area contributed by atoms with Crippen molar-refractivity contribution in [2.24, 2.45) is 0 Å². The van der Waals surface area contributed by atoms with E-state index in [0.717, 1.165) is 4.47 Å². The number of carbonyl (C=O) groups is 1. The van der Waals surface area contributed by atoms with Crippen LogP contribution >= 0.6 is 43.2 Å². The molecule has 0 spiro atoms. The number of rotatable bonds is 2. The smallest absolute Gasteiger partial charge is 0.308 e. The summed E-state index contributed by atoms with van der Waals surface area (Å²) in [5, 5.41) is 3.87. The van der Waals surface area contributed by atoms with Crippen molar-refractivity contribution in [2.75, 3.05) is 0 Å². The number of carbonyl (C=O) groups excluding carboxylic acids is 1. The van der Waals surface area contributed by atoms with Gasteiger partial charge in [-0.15, -0.1) is 0 Å². The summed E-state index contributed by atoms with van der Waals surface area (Å²) in [5.41, 5.74) is 0.334. The number of thiazole rings is 1. The molecule has 0 amide bonds. The number of halogens is 2. The normalized spacial score (nSPS) is 12.0. The topological polar surface area (TPSA) is 73.6 Å². The molecule has 0 saturated carbocycles. The van der Waals surface area contributed by atoms with E-state index in [0.29, 0.717) is 25.3 Å². The van der Waals surface area contributed by atoms with E-state index in [9.17, 15) is 9.59 Å². The van der Waals surface area contributed by atoms with E-state index in [1.54, 1.807) is 18.2 Å². The lowest BCUT2D eigenvalue weighted by Crippen LogP contribution is -2.23. The molecule has 0 bridgehead atoms. The van der Waals surface area contributed by atoms with Crippen LogP contribution in [0, 0.1) is 0 Å². The Morgan fingerprint density at radius 1 is 1.41 bits per heavy atom. The second-order valence-corrected chi connectivity index (χ2v) is 7.05. The molecule has 0 aliphatic rings. The maximum atomic E-state index is 12.2. The predicted molar refractivity (Wildman–Crippen MR) is 89.1 cm³/mol. The zero-order valence-electron chi connectivity index (χ0n) is 11.0. The lowest BCUT2D eigenvalue weighted by atomic mass is 10.2. The zero-order valence-corrected chi connectivity index (χ0v) is 15.0. The quantitative estimate of drug-likeness (QED) is 0.447. The van der Waals surface area contributed by atoms with Crippen LogP contribution in [0.2, 0.25) is 0 Å². The van der Waals surface area contributed by atoms with Crippen molar-refractivity contribution in [2.45, 2.75) is 6.92 Å². The van der Waals surface area contributed by atoms with Crippen LogP contribution in [-0.2, 0) is 4.79 Å². The van der Waals surface area contributed by atoms with E-state index >= 15 is 0 Å². The van der Waals surface area contributed by atoms with E-state index in [2.05, 4.69) is 41.9 Å². The van der Waals surface area contributed by atoms with Crippen LogP contribution in [0.1, 0.15) is 12.5 Å². The van der Waals surface area contributed by atoms with Crippen LogP contribution < -0.4 is 14.8 Å². The molecule has 0 aliphatic carbocycles. The number of benzene rings is 1. The first-order chi connectivity index (χ1) is 10.5. The molecule has 2 aromatic heterocycles. The summed E-state index contributed by atoms with van der Waals surface area (Å²) in [4.78, 5) is 28.0. The molecule has 2 heterocycles. The van der Waals surface area contributed by atoms with Gasteiger partial charge in [0.15, 0.2) is 5.75 Å². The van der Waals surface area contributed by atoms with E-state index in [-0.39, 0.29) is 5.56 Å². The van der Waals surface area contributed by atoms with Crippen LogP contribution in [0.15, 0.2) is 32.2 Å². The molecule has 0 saturated heterocycles. The third-order valence-corrected chi connectivity index (χ3v) is 4.71. The van der Waals surface area contributed by atoms with Gasteiger partial charge in [0.05, 0.1) is 9.01 Å². The highest BCUT2D eigenvalue weighted by atomic mass is 79.9. The Hall–Kier alpha value is -1.58. The maximum Gasteiger partial charge on any atom is 0.308 e. The van der Waals surface area contributed by atoms with Crippen molar-refractivity contribution in [1.29, 1.82) is 0 Å². The summed E-state index contributed by atoms with van der Waals surface area (Å²) in [6.45, 7) is 1.32. The fourth-order valence-corrected chi connectivity index (χ4v) is 4.07. The highest BCUT2D eigenvalue weighted by Crippen LogP contribution is 2.33. The molecule has 0 atom stereocenters. The molecule has 0 aliphatic heterocycles. The molecule has 3 aromatic rings. The minimum absolute atomic E-state index is 0.262. The van der Waals surface area contributed by atoms with Gasteiger partial charge in [0.2, 0.25) is 4.96 Å². The van der Waals surface area contributed by atoms with E-state index in [4.69, 9.17) is 4.74 Å². The van der Waals surface area contributed by atoms with Gasteiger partial charge in [-0.25, -0.2) is 4.98 Å². The molecule has 1 aromatic carbocycles. The lowest BCUT2D eigenvalue weighted by Gasteiger charge is -2.08. The lowest BCUT2D eigenvalue weighted by molar-refractivity contribution is -0.131. The molecular formula is C13H7Br2N3O3S. The Bertz CT molecular complexity index is 996. The summed E-state index contributed by atoms with van der Waals surface area (Å²) in [5.74, 6) is -0.0863. The SMILES string of the molecule is CC(=O)Oc1c(Br)cc(Br)cc1/C=c1\sc2ncnn2c1=O. The predicted octanol–water partition coefficient (Wildman–Crippen LogP) is 2.15. The van der Waals surface area contributed by atoms with E-state index in [1.165, 1.54) is 29.1 Å². The molecule has 0 fully saturated rings. The third kappa shape index (κ3) is 2.83. The van der Waals surface area contributed by atoms with Crippen molar-refractivity contribution in [3.63, 3.8) is 0 Å². The maximum absolute atomic E-state index is 12.2. The zero-order chi connectivity index (χ0) is 15.9. The van der Waals surface area contributed by atoms with Crippen molar-refractivity contribution < 1.29 is 9.53 Å². The Kier molecular flexibility index (Phi) is 4.11. The number of hydrogen-bond acceptors (Lipinski definition) is 6. The minimum Gasteiger partial charge on any atom is -0.425 e. The summed E-state index contributed by atoms with van der Waals surface area (Å²) >= 11 is 7.95. The van der Waals surface area contributed by atoms with Crippen LogP contribution in [0.25, 0.3) is 11.0 Å². The molecule has 9 heteroatoms. The molecule has 22 heavy (non-hydrogen) atoms. The van der Waals surface area contributed by atoms with Gasteiger partial charge in [-0.1, -0.05) is 27.3 Å². The van der Waals surface area contributed by atoms with Crippen LogP contribution in [0.3, 0.4) is 0 Å². The van der Waals surface area contributed by atoms with Crippen LogP contribution in [-0.4, -0.2) is 20.6 Å². The molecule has 112 valence electrons. The number of ether oxygens (including phenoxy) is 1. The Labute approximate surface area is 144 Å². The van der Waals surface area contributed by atoms with Gasteiger partial charge in [-0.05, 0) is 34.1 Å². The molecular weight excluding hydrogens is 438 g/mol. The molecule has 6 nitrogen and oxygen atoms in total. The highest BCUT2D eigenvalue weighted by molar-refractivity contribution is 9.11. The van der Waals surface area contributed by atoms with Gasteiger partial charge in [0, 0.05) is 17.0 Å². The largest absolute Gasteiger partial charge is 0.425 e. The van der Waals surface area contributed by atoms with Gasteiger partial charge in [-0.3, -0.25) is 9.59 Å². The average molecular weight is 445 g/mol. The summed E-state index contributed by atoms with van der Waals surface area (Å²) in [6.07, 6.45) is 2.98.